The van der Waals surface area contributed by atoms with Crippen LogP contribution in [0.25, 0.3) is 11.1 Å². The van der Waals surface area contributed by atoms with Crippen molar-refractivity contribution in [1.29, 1.82) is 0 Å². The largest absolute Gasteiger partial charge is 0.508 e. The lowest BCUT2D eigenvalue weighted by Gasteiger charge is -2.49. The number of aromatic hydroxyl groups is 1. The maximum Gasteiger partial charge on any atom is 0.411 e. The molecule has 29 heavy (non-hydrogen) atoms. The van der Waals surface area contributed by atoms with Crippen molar-refractivity contribution in [3.05, 3.63) is 47.5 Å². The van der Waals surface area contributed by atoms with E-state index < -0.39 is 6.09 Å². The summed E-state index contributed by atoms with van der Waals surface area (Å²) < 4.78 is 6.67. The molecule has 2 bridgehead atoms. The first-order chi connectivity index (χ1) is 13.8. The lowest BCUT2D eigenvalue weighted by Crippen LogP contribution is -2.63. The van der Waals surface area contributed by atoms with E-state index in [0.29, 0.717) is 28.9 Å². The van der Waals surface area contributed by atoms with E-state index in [4.69, 9.17) is 16.3 Å². The standard InChI is InChI=1S/C23H27ClN2O3/c1-26(2)18-7-4-11-23(26,12-10-18)15-29-22(28)25-21-9-8-19(27)14-20(21)16-5-3-6-17(24)13-16/h3,5-6,8-9,13-14,18H,4,7,10-12,15H2,1-2H3,(H-,25,27,28)/p+1/t18-,23+/m1/s1. The Kier molecular flexibility index (Phi) is 5.21. The molecule has 2 aliphatic rings. The van der Waals surface area contributed by atoms with Crippen molar-refractivity contribution in [2.45, 2.75) is 43.7 Å². The zero-order chi connectivity index (χ0) is 20.6. The Morgan fingerprint density at radius 3 is 2.86 bits per heavy atom. The van der Waals surface area contributed by atoms with E-state index in [1.165, 1.54) is 19.3 Å². The molecule has 5 nitrogen and oxygen atoms in total. The van der Waals surface area contributed by atoms with Crippen LogP contribution in [0, 0.1) is 0 Å². The van der Waals surface area contributed by atoms with E-state index in [-0.39, 0.29) is 11.3 Å². The number of piperidine rings is 1. The van der Waals surface area contributed by atoms with Gasteiger partial charge >= 0.3 is 6.09 Å². The molecule has 2 N–H and O–H groups in total. The van der Waals surface area contributed by atoms with Crippen LogP contribution in [0.2, 0.25) is 5.02 Å². The number of halogens is 1. The number of nitrogens with zero attached hydrogens (tertiary/aromatic N) is 1. The number of carbonyl (C=O) groups is 1. The summed E-state index contributed by atoms with van der Waals surface area (Å²) in [6.07, 6.45) is 5.39. The summed E-state index contributed by atoms with van der Waals surface area (Å²) >= 11 is 6.11. The fourth-order valence-electron chi connectivity index (χ4n) is 5.17. The fourth-order valence-corrected chi connectivity index (χ4v) is 5.36. The molecule has 0 saturated carbocycles. The van der Waals surface area contributed by atoms with Crippen LogP contribution >= 0.6 is 11.6 Å². The molecule has 4 rings (SSSR count). The van der Waals surface area contributed by atoms with Crippen LogP contribution in [0.1, 0.15) is 32.1 Å². The first-order valence-corrected chi connectivity index (χ1v) is 10.6. The number of benzene rings is 2. The van der Waals surface area contributed by atoms with Gasteiger partial charge in [0, 0.05) is 29.8 Å². The van der Waals surface area contributed by atoms with Gasteiger partial charge < -0.3 is 14.3 Å². The Morgan fingerprint density at radius 2 is 2.07 bits per heavy atom. The minimum absolute atomic E-state index is 0.0188. The predicted molar refractivity (Wildman–Crippen MR) is 115 cm³/mol. The number of fused-ring (bicyclic) bond motifs is 2. The third-order valence-electron chi connectivity index (χ3n) is 7.11. The maximum atomic E-state index is 12.6. The van der Waals surface area contributed by atoms with Gasteiger partial charge in [0.05, 0.1) is 25.8 Å². The van der Waals surface area contributed by atoms with Gasteiger partial charge in [-0.15, -0.1) is 0 Å². The molecule has 2 aliphatic heterocycles. The first-order valence-electron chi connectivity index (χ1n) is 10.2. The Morgan fingerprint density at radius 1 is 1.24 bits per heavy atom. The van der Waals surface area contributed by atoms with Gasteiger partial charge in [0.1, 0.15) is 17.9 Å². The van der Waals surface area contributed by atoms with Gasteiger partial charge in [-0.1, -0.05) is 23.7 Å². The highest BCUT2D eigenvalue weighted by Crippen LogP contribution is 2.48. The third kappa shape index (κ3) is 3.69. The van der Waals surface area contributed by atoms with Crippen molar-refractivity contribution in [2.24, 2.45) is 0 Å². The molecule has 2 fully saturated rings. The van der Waals surface area contributed by atoms with E-state index in [1.807, 2.05) is 12.1 Å². The van der Waals surface area contributed by atoms with Crippen molar-refractivity contribution in [3.8, 4) is 16.9 Å². The third-order valence-corrected chi connectivity index (χ3v) is 7.34. The second kappa shape index (κ2) is 7.54. The number of phenols is 1. The number of amides is 1. The molecular formula is C23H28ClN2O3+. The van der Waals surface area contributed by atoms with Crippen LogP contribution in [0.15, 0.2) is 42.5 Å². The van der Waals surface area contributed by atoms with E-state index >= 15 is 0 Å². The number of nitrogens with one attached hydrogen (secondary N) is 1. The Hall–Kier alpha value is -2.24. The van der Waals surface area contributed by atoms with Gasteiger partial charge in [0.15, 0.2) is 0 Å². The summed E-state index contributed by atoms with van der Waals surface area (Å²) in [5, 5.41) is 13.4. The average molecular weight is 416 g/mol. The average Bonchev–Trinajstić information content (AvgIpc) is 2.84. The molecular weight excluding hydrogens is 388 g/mol. The van der Waals surface area contributed by atoms with Gasteiger partial charge in [-0.3, -0.25) is 5.32 Å². The second-order valence-electron chi connectivity index (χ2n) is 8.79. The molecule has 0 unspecified atom stereocenters. The molecule has 0 spiro atoms. The van der Waals surface area contributed by atoms with Crippen LogP contribution in [0.3, 0.4) is 0 Å². The number of anilines is 1. The van der Waals surface area contributed by atoms with Gasteiger partial charge in [-0.2, -0.15) is 0 Å². The maximum absolute atomic E-state index is 12.6. The van der Waals surface area contributed by atoms with Crippen molar-refractivity contribution in [2.75, 3.05) is 26.0 Å². The SMILES string of the molecule is C[N+]1(C)[C@@H]2CCC[C@@]1(COC(=O)Nc1ccc(O)cc1-c1cccc(Cl)c1)CC2. The molecule has 1 amide bonds. The fraction of sp³-hybridized carbons (Fsp3) is 0.435. The summed E-state index contributed by atoms with van der Waals surface area (Å²) in [6, 6.07) is 12.8. The van der Waals surface area contributed by atoms with E-state index in [9.17, 15) is 9.90 Å². The van der Waals surface area contributed by atoms with Crippen molar-refractivity contribution in [1.82, 2.24) is 0 Å². The van der Waals surface area contributed by atoms with Crippen molar-refractivity contribution in [3.63, 3.8) is 0 Å². The highest BCUT2D eigenvalue weighted by Gasteiger charge is 2.58. The smallest absolute Gasteiger partial charge is 0.411 e. The van der Waals surface area contributed by atoms with Gasteiger partial charge in [-0.05, 0) is 48.7 Å². The number of phenolic OH excluding ortho intramolecular Hbond substituents is 1. The van der Waals surface area contributed by atoms with Crippen LogP contribution in [0.4, 0.5) is 10.5 Å². The minimum Gasteiger partial charge on any atom is -0.508 e. The molecule has 0 aliphatic carbocycles. The number of hydrogen-bond donors (Lipinski definition) is 2. The highest BCUT2D eigenvalue weighted by molar-refractivity contribution is 6.30. The molecule has 2 aromatic carbocycles. The predicted octanol–water partition coefficient (Wildman–Crippen LogP) is 5.42. The highest BCUT2D eigenvalue weighted by atomic mass is 35.5. The molecule has 6 heteroatoms. The second-order valence-corrected chi connectivity index (χ2v) is 9.23. The van der Waals surface area contributed by atoms with Gasteiger partial charge in [-0.25, -0.2) is 4.79 Å². The zero-order valence-corrected chi connectivity index (χ0v) is 17.7. The summed E-state index contributed by atoms with van der Waals surface area (Å²) in [5.41, 5.74) is 2.10. The molecule has 2 atom stereocenters. The monoisotopic (exact) mass is 415 g/mol. The molecule has 2 heterocycles. The molecule has 154 valence electrons. The zero-order valence-electron chi connectivity index (χ0n) is 17.0. The Labute approximate surface area is 176 Å². The van der Waals surface area contributed by atoms with E-state index in [1.54, 1.807) is 30.3 Å². The summed E-state index contributed by atoms with van der Waals surface area (Å²) in [5.74, 6) is 0.121. The number of carbonyl (C=O) groups excluding carboxylic acids is 1. The van der Waals surface area contributed by atoms with Crippen LogP contribution in [0.5, 0.6) is 5.75 Å². The molecule has 2 saturated heterocycles. The number of hydrogen-bond acceptors (Lipinski definition) is 3. The summed E-state index contributed by atoms with van der Waals surface area (Å²) in [6.45, 7) is 0.424. The molecule has 2 aromatic rings. The minimum atomic E-state index is -0.470. The Balaban J connectivity index is 1.49. The molecule has 0 aromatic heterocycles. The van der Waals surface area contributed by atoms with Gasteiger partial charge in [0.25, 0.3) is 0 Å². The molecule has 0 radical (unpaired) electrons. The van der Waals surface area contributed by atoms with E-state index in [2.05, 4.69) is 19.4 Å². The summed E-state index contributed by atoms with van der Waals surface area (Å²) in [4.78, 5) is 12.6. The number of quaternary nitrogens is 1. The first kappa shape index (κ1) is 20.0. The lowest BCUT2D eigenvalue weighted by atomic mass is 9.87. The quantitative estimate of drug-likeness (QED) is 0.517. The normalized spacial score (nSPS) is 24.9. The lowest BCUT2D eigenvalue weighted by molar-refractivity contribution is -0.956. The number of ether oxygens (including phenoxy) is 1. The van der Waals surface area contributed by atoms with Gasteiger partial charge in [0.2, 0.25) is 0 Å². The summed E-state index contributed by atoms with van der Waals surface area (Å²) in [7, 11) is 4.55. The van der Waals surface area contributed by atoms with Crippen molar-refractivity contribution >= 4 is 23.4 Å². The van der Waals surface area contributed by atoms with Crippen LogP contribution in [-0.2, 0) is 4.74 Å². The number of rotatable bonds is 4. The van der Waals surface area contributed by atoms with E-state index in [0.717, 1.165) is 22.9 Å². The van der Waals surface area contributed by atoms with Crippen LogP contribution < -0.4 is 5.32 Å². The topological polar surface area (TPSA) is 58.6 Å². The van der Waals surface area contributed by atoms with Crippen molar-refractivity contribution < 1.29 is 19.1 Å². The Bertz CT molecular complexity index is 926. The number of likely N-dealkylation sites (N-methyl/N-ethyl adjacent to an activating group) is 1. The van der Waals surface area contributed by atoms with Crippen LogP contribution in [-0.4, -0.2) is 48.0 Å².